The van der Waals surface area contributed by atoms with Crippen molar-refractivity contribution in [1.82, 2.24) is 5.32 Å². The van der Waals surface area contributed by atoms with E-state index in [2.05, 4.69) is 11.9 Å². The van der Waals surface area contributed by atoms with Gasteiger partial charge in [-0.3, -0.25) is 4.79 Å². The van der Waals surface area contributed by atoms with Crippen molar-refractivity contribution in [2.45, 2.75) is 43.8 Å². The summed E-state index contributed by atoms with van der Waals surface area (Å²) in [6, 6.07) is -1.45. The Hall–Kier alpha value is -1.52. The lowest BCUT2D eigenvalue weighted by Crippen LogP contribution is -2.57. The largest absolute Gasteiger partial charge is 0.478 e. The summed E-state index contributed by atoms with van der Waals surface area (Å²) in [6.45, 7) is 3.45. The summed E-state index contributed by atoms with van der Waals surface area (Å²) in [5.74, 6) is -2.01. The van der Waals surface area contributed by atoms with E-state index < -0.39 is 55.4 Å². The molecule has 0 heterocycles. The standard InChI is InChI=1S/C12H21NO8/c1-5(12(20)21)3-7(16)9(13-6(2)15)11(19)10(18)8(17)4-14/h7-11,14,16-19H,1,3-4H2,2H3,(H,13,15)(H,20,21)/t7-,8+,9+,10+,11+/m0/s1. The van der Waals surface area contributed by atoms with Crippen molar-refractivity contribution in [1.29, 1.82) is 0 Å². The summed E-state index contributed by atoms with van der Waals surface area (Å²) in [6.07, 6.45) is -7.40. The molecule has 1 amide bonds. The summed E-state index contributed by atoms with van der Waals surface area (Å²) >= 11 is 0. The molecule has 0 aliphatic heterocycles. The predicted molar refractivity (Wildman–Crippen MR) is 70.1 cm³/mol. The molecule has 0 unspecified atom stereocenters. The lowest BCUT2D eigenvalue weighted by atomic mass is 9.93. The number of nitrogens with one attached hydrogen (secondary N) is 1. The highest BCUT2D eigenvalue weighted by molar-refractivity contribution is 5.85. The highest BCUT2D eigenvalue weighted by Gasteiger charge is 2.36. The normalized spacial score (nSPS) is 18.2. The molecule has 0 aliphatic carbocycles. The first-order valence-corrected chi connectivity index (χ1v) is 6.13. The number of aliphatic hydroxyl groups is 5. The second-order valence-electron chi connectivity index (χ2n) is 4.64. The Morgan fingerprint density at radius 3 is 2.00 bits per heavy atom. The molecule has 0 radical (unpaired) electrons. The zero-order chi connectivity index (χ0) is 16.7. The molecule has 0 bridgehead atoms. The Balaban J connectivity index is 5.04. The molecule has 0 spiro atoms. The van der Waals surface area contributed by atoms with E-state index in [1.54, 1.807) is 0 Å². The van der Waals surface area contributed by atoms with Crippen LogP contribution in [0, 0.1) is 0 Å². The van der Waals surface area contributed by atoms with Crippen LogP contribution in [0.2, 0.25) is 0 Å². The van der Waals surface area contributed by atoms with Gasteiger partial charge in [0, 0.05) is 18.9 Å². The van der Waals surface area contributed by atoms with E-state index in [0.29, 0.717) is 0 Å². The number of carboxylic acid groups (broad SMARTS) is 1. The lowest BCUT2D eigenvalue weighted by molar-refractivity contribution is -0.133. The maximum Gasteiger partial charge on any atom is 0.331 e. The minimum atomic E-state index is -1.85. The Kier molecular flexibility index (Phi) is 8.07. The van der Waals surface area contributed by atoms with Crippen LogP contribution in [-0.4, -0.2) is 79.6 Å². The molecule has 0 aromatic rings. The van der Waals surface area contributed by atoms with Crippen LogP contribution in [0.5, 0.6) is 0 Å². The number of carboxylic acids is 1. The van der Waals surface area contributed by atoms with Crippen molar-refractivity contribution in [2.75, 3.05) is 6.61 Å². The van der Waals surface area contributed by atoms with Gasteiger partial charge in [0.05, 0.1) is 18.8 Å². The van der Waals surface area contributed by atoms with Crippen molar-refractivity contribution in [3.8, 4) is 0 Å². The molecule has 0 saturated carbocycles. The van der Waals surface area contributed by atoms with Gasteiger partial charge in [0.1, 0.15) is 18.3 Å². The van der Waals surface area contributed by atoms with Crippen molar-refractivity contribution < 1.29 is 40.2 Å². The van der Waals surface area contributed by atoms with Gasteiger partial charge in [0.2, 0.25) is 5.91 Å². The van der Waals surface area contributed by atoms with Crippen molar-refractivity contribution >= 4 is 11.9 Å². The minimum Gasteiger partial charge on any atom is -0.478 e. The van der Waals surface area contributed by atoms with Gasteiger partial charge in [-0.15, -0.1) is 0 Å². The molecule has 9 nitrogen and oxygen atoms in total. The number of amides is 1. The lowest BCUT2D eigenvalue weighted by Gasteiger charge is -2.32. The Labute approximate surface area is 121 Å². The summed E-state index contributed by atoms with van der Waals surface area (Å²) in [5, 5.41) is 58.2. The zero-order valence-corrected chi connectivity index (χ0v) is 11.5. The molecule has 0 aromatic heterocycles. The Bertz CT molecular complexity index is 385. The number of aliphatic carboxylic acids is 1. The molecule has 7 N–H and O–H groups in total. The molecule has 9 heteroatoms. The van der Waals surface area contributed by atoms with Crippen LogP contribution in [0.4, 0.5) is 0 Å². The van der Waals surface area contributed by atoms with E-state index in [1.807, 2.05) is 0 Å². The fourth-order valence-corrected chi connectivity index (χ4v) is 1.66. The third kappa shape index (κ3) is 6.19. The monoisotopic (exact) mass is 307 g/mol. The molecular weight excluding hydrogens is 286 g/mol. The van der Waals surface area contributed by atoms with Crippen molar-refractivity contribution in [3.63, 3.8) is 0 Å². The average Bonchev–Trinajstić information content (AvgIpc) is 2.41. The third-order valence-corrected chi connectivity index (χ3v) is 2.84. The first-order valence-electron chi connectivity index (χ1n) is 6.13. The SMILES string of the molecule is C=C(C[C@H](O)[C@@H](NC(C)=O)[C@@H](O)[C@H](O)[C@H](O)CO)C(=O)O. The predicted octanol–water partition coefficient (Wildman–Crippen LogP) is -3.04. The van der Waals surface area contributed by atoms with Crippen LogP contribution in [0.3, 0.4) is 0 Å². The second-order valence-corrected chi connectivity index (χ2v) is 4.64. The average molecular weight is 307 g/mol. The molecule has 122 valence electrons. The first kappa shape index (κ1) is 19.5. The van der Waals surface area contributed by atoms with Gasteiger partial charge in [-0.1, -0.05) is 6.58 Å². The fraction of sp³-hybridized carbons (Fsp3) is 0.667. The van der Waals surface area contributed by atoms with E-state index in [0.717, 1.165) is 6.92 Å². The van der Waals surface area contributed by atoms with Crippen LogP contribution in [0.15, 0.2) is 12.2 Å². The summed E-state index contributed by atoms with van der Waals surface area (Å²) in [5.41, 5.74) is -0.359. The minimum absolute atomic E-state index is 0.359. The molecule has 0 aromatic carbocycles. The van der Waals surface area contributed by atoms with Gasteiger partial charge in [-0.05, 0) is 0 Å². The molecule has 0 fully saturated rings. The first-order chi connectivity index (χ1) is 9.61. The van der Waals surface area contributed by atoms with Gasteiger partial charge in [0.25, 0.3) is 0 Å². The molecule has 5 atom stereocenters. The van der Waals surface area contributed by atoms with Gasteiger partial charge in [0.15, 0.2) is 0 Å². The molecule has 21 heavy (non-hydrogen) atoms. The van der Waals surface area contributed by atoms with E-state index in [1.165, 1.54) is 0 Å². The Morgan fingerprint density at radius 2 is 1.62 bits per heavy atom. The third-order valence-electron chi connectivity index (χ3n) is 2.84. The van der Waals surface area contributed by atoms with Gasteiger partial charge in [-0.2, -0.15) is 0 Å². The fourth-order valence-electron chi connectivity index (χ4n) is 1.66. The second kappa shape index (κ2) is 8.70. The molecule has 0 rings (SSSR count). The number of carbonyl (C=O) groups is 2. The number of rotatable bonds is 9. The van der Waals surface area contributed by atoms with E-state index in [9.17, 15) is 30.0 Å². The number of hydrogen-bond donors (Lipinski definition) is 7. The molecule has 0 saturated heterocycles. The van der Waals surface area contributed by atoms with E-state index >= 15 is 0 Å². The van der Waals surface area contributed by atoms with Gasteiger partial charge >= 0.3 is 5.97 Å². The van der Waals surface area contributed by atoms with Gasteiger partial charge < -0.3 is 36.0 Å². The van der Waals surface area contributed by atoms with E-state index in [-0.39, 0.29) is 5.57 Å². The maximum absolute atomic E-state index is 11.1. The highest BCUT2D eigenvalue weighted by Crippen LogP contribution is 2.14. The smallest absolute Gasteiger partial charge is 0.331 e. The summed E-state index contributed by atoms with van der Waals surface area (Å²) in [7, 11) is 0. The zero-order valence-electron chi connectivity index (χ0n) is 11.5. The maximum atomic E-state index is 11.1. The molecule has 0 aliphatic rings. The van der Waals surface area contributed by atoms with Crippen LogP contribution >= 0.6 is 0 Å². The van der Waals surface area contributed by atoms with Crippen LogP contribution in [-0.2, 0) is 9.59 Å². The Morgan fingerprint density at radius 1 is 1.10 bits per heavy atom. The van der Waals surface area contributed by atoms with Crippen molar-refractivity contribution in [2.24, 2.45) is 0 Å². The highest BCUT2D eigenvalue weighted by atomic mass is 16.4. The van der Waals surface area contributed by atoms with E-state index in [4.69, 9.17) is 10.2 Å². The quantitative estimate of drug-likeness (QED) is 0.221. The van der Waals surface area contributed by atoms with Gasteiger partial charge in [-0.25, -0.2) is 4.79 Å². The number of carbonyl (C=O) groups excluding carboxylic acids is 1. The topological polar surface area (TPSA) is 168 Å². The number of hydrogen-bond acceptors (Lipinski definition) is 7. The summed E-state index contributed by atoms with van der Waals surface area (Å²) in [4.78, 5) is 21.7. The van der Waals surface area contributed by atoms with Crippen LogP contribution in [0.1, 0.15) is 13.3 Å². The van der Waals surface area contributed by atoms with Crippen molar-refractivity contribution in [3.05, 3.63) is 12.2 Å². The van der Waals surface area contributed by atoms with Crippen LogP contribution in [0.25, 0.3) is 0 Å². The molecular formula is C12H21NO8. The summed E-state index contributed by atoms with van der Waals surface area (Å²) < 4.78 is 0. The van der Waals surface area contributed by atoms with Crippen LogP contribution < -0.4 is 5.32 Å². The number of aliphatic hydroxyl groups excluding tert-OH is 5.